The van der Waals surface area contributed by atoms with Gasteiger partial charge in [-0.25, -0.2) is 4.79 Å². The fourth-order valence-corrected chi connectivity index (χ4v) is 1.79. The highest BCUT2D eigenvalue weighted by molar-refractivity contribution is 6.31. The Morgan fingerprint density at radius 3 is 2.59 bits per heavy atom. The van der Waals surface area contributed by atoms with E-state index in [1.165, 1.54) is 6.07 Å². The van der Waals surface area contributed by atoms with E-state index in [4.69, 9.17) is 21.4 Å². The van der Waals surface area contributed by atoms with Gasteiger partial charge in [0, 0.05) is 5.02 Å². The predicted octanol–water partition coefficient (Wildman–Crippen LogP) is 3.95. The zero-order chi connectivity index (χ0) is 13.0. The highest BCUT2D eigenvalue weighted by Crippen LogP contribution is 2.33. The van der Waals surface area contributed by atoms with E-state index >= 15 is 0 Å². The third kappa shape index (κ3) is 3.37. The first-order valence-corrected chi connectivity index (χ1v) is 6.04. The molecular weight excluding hydrogens is 240 g/mol. The predicted molar refractivity (Wildman–Crippen MR) is 68.3 cm³/mol. The number of carboxylic acids is 1. The van der Waals surface area contributed by atoms with Crippen LogP contribution in [0.2, 0.25) is 5.02 Å². The molecule has 0 aliphatic carbocycles. The molecular formula is C13H17ClO3. The number of halogens is 1. The summed E-state index contributed by atoms with van der Waals surface area (Å²) < 4.78 is 5.56. The lowest BCUT2D eigenvalue weighted by Gasteiger charge is -2.16. The van der Waals surface area contributed by atoms with Crippen LogP contribution in [-0.2, 0) is 0 Å². The molecule has 1 N–H and O–H groups in total. The van der Waals surface area contributed by atoms with Gasteiger partial charge in [0.2, 0.25) is 0 Å². The second-order valence-corrected chi connectivity index (χ2v) is 4.62. The Labute approximate surface area is 106 Å². The minimum absolute atomic E-state index is 0.134. The standard InChI is InChI=1S/C13H17ClO3/c1-4-5-17-12-10(8(2)3)6-9(14)7-11(12)13(15)16/h6-8H,4-5H2,1-3H3,(H,15,16). The molecule has 0 aliphatic heterocycles. The summed E-state index contributed by atoms with van der Waals surface area (Å²) in [5.41, 5.74) is 0.970. The van der Waals surface area contributed by atoms with E-state index in [-0.39, 0.29) is 11.5 Å². The van der Waals surface area contributed by atoms with Crippen molar-refractivity contribution >= 4 is 17.6 Å². The van der Waals surface area contributed by atoms with Crippen LogP contribution in [0.25, 0.3) is 0 Å². The molecule has 0 spiro atoms. The van der Waals surface area contributed by atoms with Crippen molar-refractivity contribution in [2.24, 2.45) is 0 Å². The number of hydrogen-bond donors (Lipinski definition) is 1. The normalized spacial score (nSPS) is 10.6. The number of carboxylic acid groups (broad SMARTS) is 1. The second kappa shape index (κ2) is 5.92. The van der Waals surface area contributed by atoms with Crippen molar-refractivity contribution in [3.63, 3.8) is 0 Å². The molecule has 3 nitrogen and oxygen atoms in total. The molecule has 0 radical (unpaired) electrons. The molecule has 17 heavy (non-hydrogen) atoms. The molecule has 4 heteroatoms. The summed E-state index contributed by atoms with van der Waals surface area (Å²) in [5.74, 6) is -0.405. The SMILES string of the molecule is CCCOc1c(C(=O)O)cc(Cl)cc1C(C)C. The Morgan fingerprint density at radius 2 is 2.12 bits per heavy atom. The van der Waals surface area contributed by atoms with Gasteiger partial charge in [-0.2, -0.15) is 0 Å². The molecule has 0 heterocycles. The maximum atomic E-state index is 11.2. The van der Waals surface area contributed by atoms with Gasteiger partial charge in [-0.15, -0.1) is 0 Å². The Bertz CT molecular complexity index is 413. The topological polar surface area (TPSA) is 46.5 Å². The Hall–Kier alpha value is -1.22. The van der Waals surface area contributed by atoms with Crippen molar-refractivity contribution in [2.45, 2.75) is 33.1 Å². The van der Waals surface area contributed by atoms with Gasteiger partial charge in [-0.1, -0.05) is 32.4 Å². The number of ether oxygens (including phenoxy) is 1. The van der Waals surface area contributed by atoms with Gasteiger partial charge < -0.3 is 9.84 Å². The molecule has 0 aromatic heterocycles. The van der Waals surface area contributed by atoms with E-state index in [1.54, 1.807) is 6.07 Å². The fraction of sp³-hybridized carbons (Fsp3) is 0.462. The van der Waals surface area contributed by atoms with Crippen molar-refractivity contribution in [1.82, 2.24) is 0 Å². The Balaban J connectivity index is 3.31. The molecule has 94 valence electrons. The second-order valence-electron chi connectivity index (χ2n) is 4.18. The maximum Gasteiger partial charge on any atom is 0.339 e. The van der Waals surface area contributed by atoms with E-state index in [0.29, 0.717) is 17.4 Å². The van der Waals surface area contributed by atoms with Crippen LogP contribution in [0, 0.1) is 0 Å². The monoisotopic (exact) mass is 256 g/mol. The lowest BCUT2D eigenvalue weighted by molar-refractivity contribution is 0.0692. The zero-order valence-corrected chi connectivity index (χ0v) is 11.0. The van der Waals surface area contributed by atoms with Gasteiger partial charge in [-0.3, -0.25) is 0 Å². The van der Waals surface area contributed by atoms with E-state index in [9.17, 15) is 4.79 Å². The number of rotatable bonds is 5. The van der Waals surface area contributed by atoms with Crippen LogP contribution in [0.5, 0.6) is 5.75 Å². The highest BCUT2D eigenvalue weighted by atomic mass is 35.5. The Kier molecular flexibility index (Phi) is 4.82. The first-order valence-electron chi connectivity index (χ1n) is 5.66. The first-order chi connectivity index (χ1) is 7.97. The summed E-state index contributed by atoms with van der Waals surface area (Å²) in [7, 11) is 0. The zero-order valence-electron chi connectivity index (χ0n) is 10.3. The molecule has 1 rings (SSSR count). The number of aromatic carboxylic acids is 1. The van der Waals surface area contributed by atoms with Gasteiger partial charge in [0.05, 0.1) is 6.61 Å². The van der Waals surface area contributed by atoms with E-state index in [0.717, 1.165) is 12.0 Å². The average molecular weight is 257 g/mol. The van der Waals surface area contributed by atoms with Crippen LogP contribution in [0.4, 0.5) is 0 Å². The quantitative estimate of drug-likeness (QED) is 0.868. The lowest BCUT2D eigenvalue weighted by atomic mass is 9.99. The van der Waals surface area contributed by atoms with Gasteiger partial charge in [-0.05, 0) is 30.0 Å². The third-order valence-electron chi connectivity index (χ3n) is 2.39. The van der Waals surface area contributed by atoms with Crippen LogP contribution in [0.3, 0.4) is 0 Å². The van der Waals surface area contributed by atoms with Crippen LogP contribution in [-0.4, -0.2) is 17.7 Å². The third-order valence-corrected chi connectivity index (χ3v) is 2.60. The number of carbonyl (C=O) groups is 1. The molecule has 0 amide bonds. The molecule has 1 aromatic rings. The maximum absolute atomic E-state index is 11.2. The van der Waals surface area contributed by atoms with Gasteiger partial charge in [0.1, 0.15) is 11.3 Å². The lowest BCUT2D eigenvalue weighted by Crippen LogP contribution is -2.07. The smallest absolute Gasteiger partial charge is 0.339 e. The summed E-state index contributed by atoms with van der Waals surface area (Å²) >= 11 is 5.93. The van der Waals surface area contributed by atoms with Crippen LogP contribution in [0.15, 0.2) is 12.1 Å². The minimum atomic E-state index is -1.01. The average Bonchev–Trinajstić information content (AvgIpc) is 2.26. The summed E-state index contributed by atoms with van der Waals surface area (Å²) in [4.78, 5) is 11.2. The summed E-state index contributed by atoms with van der Waals surface area (Å²) in [6.45, 7) is 6.44. The first kappa shape index (κ1) is 13.8. The molecule has 0 aliphatic rings. The summed E-state index contributed by atoms with van der Waals surface area (Å²) in [6.07, 6.45) is 0.833. The molecule has 0 bridgehead atoms. The highest BCUT2D eigenvalue weighted by Gasteiger charge is 2.18. The van der Waals surface area contributed by atoms with Crippen molar-refractivity contribution < 1.29 is 14.6 Å². The largest absolute Gasteiger partial charge is 0.492 e. The minimum Gasteiger partial charge on any atom is -0.492 e. The van der Waals surface area contributed by atoms with Crippen LogP contribution in [0.1, 0.15) is 49.0 Å². The molecule has 1 aromatic carbocycles. The van der Waals surface area contributed by atoms with Crippen molar-refractivity contribution in [1.29, 1.82) is 0 Å². The van der Waals surface area contributed by atoms with E-state index in [1.807, 2.05) is 20.8 Å². The molecule has 0 atom stereocenters. The molecule has 0 saturated carbocycles. The van der Waals surface area contributed by atoms with Crippen molar-refractivity contribution in [3.05, 3.63) is 28.3 Å². The number of hydrogen-bond acceptors (Lipinski definition) is 2. The Morgan fingerprint density at radius 1 is 1.47 bits per heavy atom. The van der Waals surface area contributed by atoms with Crippen LogP contribution >= 0.6 is 11.6 Å². The van der Waals surface area contributed by atoms with Crippen molar-refractivity contribution in [3.8, 4) is 5.75 Å². The van der Waals surface area contributed by atoms with Gasteiger partial charge in [0.15, 0.2) is 0 Å². The molecule has 0 fully saturated rings. The molecule has 0 saturated heterocycles. The summed E-state index contributed by atoms with van der Waals surface area (Å²) in [5, 5.41) is 9.58. The van der Waals surface area contributed by atoms with E-state index in [2.05, 4.69) is 0 Å². The molecule has 0 unspecified atom stereocenters. The van der Waals surface area contributed by atoms with Crippen LogP contribution < -0.4 is 4.74 Å². The fourth-order valence-electron chi connectivity index (χ4n) is 1.57. The van der Waals surface area contributed by atoms with Gasteiger partial charge in [0.25, 0.3) is 0 Å². The van der Waals surface area contributed by atoms with Crippen molar-refractivity contribution in [2.75, 3.05) is 6.61 Å². The summed E-state index contributed by atoms with van der Waals surface area (Å²) in [6, 6.07) is 3.20. The van der Waals surface area contributed by atoms with E-state index < -0.39 is 5.97 Å². The van der Waals surface area contributed by atoms with Gasteiger partial charge >= 0.3 is 5.97 Å². The number of benzene rings is 1.